The first-order valence-electron chi connectivity index (χ1n) is 10.3. The van der Waals surface area contributed by atoms with Gasteiger partial charge in [0.2, 0.25) is 5.91 Å². The largest absolute Gasteiger partial charge is 0.488 e. The number of carbonyl (C=O) groups is 3. The Hall–Kier alpha value is -2.84. The highest BCUT2D eigenvalue weighted by Crippen LogP contribution is 2.23. The fraction of sp³-hybridized carbons (Fsp3) is 0.591. The minimum absolute atomic E-state index is 0.0128. The molecule has 0 saturated heterocycles. The molecule has 0 aromatic heterocycles. The lowest BCUT2D eigenvalue weighted by Gasteiger charge is -2.24. The molecule has 4 N–H and O–H groups in total. The maximum Gasteiger partial charge on any atom is 0.407 e. The van der Waals surface area contributed by atoms with Gasteiger partial charge in [-0.15, -0.1) is 0 Å². The van der Waals surface area contributed by atoms with Crippen LogP contribution in [-0.2, 0) is 20.7 Å². The molecule has 0 fully saturated rings. The van der Waals surface area contributed by atoms with Crippen molar-refractivity contribution >= 4 is 18.0 Å². The molecule has 9 heteroatoms. The molecule has 0 aliphatic rings. The Morgan fingerprint density at radius 3 is 2.48 bits per heavy atom. The van der Waals surface area contributed by atoms with Gasteiger partial charge in [0.25, 0.3) is 0 Å². The van der Waals surface area contributed by atoms with E-state index in [-0.39, 0.29) is 25.2 Å². The van der Waals surface area contributed by atoms with Crippen LogP contribution in [0.5, 0.6) is 5.75 Å². The van der Waals surface area contributed by atoms with Gasteiger partial charge in [-0.2, -0.15) is 0 Å². The molecular formula is C22H33FN2O6. The van der Waals surface area contributed by atoms with Crippen LogP contribution in [0.15, 0.2) is 18.2 Å². The molecule has 1 rings (SSSR count). The fourth-order valence-electron chi connectivity index (χ4n) is 2.76. The van der Waals surface area contributed by atoms with Crippen LogP contribution < -0.4 is 15.8 Å². The molecule has 31 heavy (non-hydrogen) atoms. The molecular weight excluding hydrogens is 407 g/mol. The van der Waals surface area contributed by atoms with E-state index in [1.165, 1.54) is 6.07 Å². The molecule has 0 spiro atoms. The Labute approximate surface area is 182 Å². The second kappa shape index (κ2) is 12.1. The van der Waals surface area contributed by atoms with E-state index in [0.717, 1.165) is 0 Å². The van der Waals surface area contributed by atoms with E-state index in [1.54, 1.807) is 39.8 Å². The van der Waals surface area contributed by atoms with Crippen LogP contribution in [0.2, 0.25) is 0 Å². The Bertz CT molecular complexity index is 763. The van der Waals surface area contributed by atoms with Crippen molar-refractivity contribution in [3.05, 3.63) is 29.6 Å². The SMILES string of the molecule is CC(CCCc1cccc(OC[C@H](CCC(N)=O)NC(=O)OC(C)(C)C)c1F)C(=O)O. The molecule has 0 bridgehead atoms. The van der Waals surface area contributed by atoms with Crippen molar-refractivity contribution in [1.29, 1.82) is 0 Å². The third kappa shape index (κ3) is 10.7. The van der Waals surface area contributed by atoms with Crippen molar-refractivity contribution in [3.8, 4) is 5.75 Å². The van der Waals surface area contributed by atoms with E-state index < -0.39 is 41.3 Å². The molecule has 0 saturated carbocycles. The van der Waals surface area contributed by atoms with Crippen LogP contribution in [-0.4, -0.2) is 41.3 Å². The molecule has 174 valence electrons. The number of amides is 2. The van der Waals surface area contributed by atoms with E-state index >= 15 is 0 Å². The van der Waals surface area contributed by atoms with Gasteiger partial charge < -0.3 is 25.6 Å². The van der Waals surface area contributed by atoms with Gasteiger partial charge >= 0.3 is 12.1 Å². The van der Waals surface area contributed by atoms with E-state index in [0.29, 0.717) is 24.8 Å². The number of alkyl carbamates (subject to hydrolysis) is 1. The van der Waals surface area contributed by atoms with Crippen molar-refractivity contribution in [2.24, 2.45) is 11.7 Å². The van der Waals surface area contributed by atoms with Gasteiger partial charge in [-0.3, -0.25) is 9.59 Å². The summed E-state index contributed by atoms with van der Waals surface area (Å²) in [5.41, 5.74) is 4.91. The number of hydrogen-bond acceptors (Lipinski definition) is 5. The molecule has 8 nitrogen and oxygen atoms in total. The smallest absolute Gasteiger partial charge is 0.407 e. The molecule has 1 unspecified atom stereocenters. The zero-order valence-electron chi connectivity index (χ0n) is 18.6. The standard InChI is InChI=1S/C22H33FN2O6/c1-14(20(27)28)7-5-8-15-9-6-10-17(19(15)23)30-13-16(11-12-18(24)26)25-21(29)31-22(2,3)4/h6,9-10,14,16H,5,7-8,11-13H2,1-4H3,(H2,24,26)(H,25,29)(H,27,28)/t14?,16-/m0/s1. The minimum atomic E-state index is -0.878. The van der Waals surface area contributed by atoms with Crippen LogP contribution in [0.3, 0.4) is 0 Å². The number of ether oxygens (including phenoxy) is 2. The predicted octanol–water partition coefficient (Wildman–Crippen LogP) is 3.41. The van der Waals surface area contributed by atoms with Gasteiger partial charge in [0.1, 0.15) is 12.2 Å². The molecule has 0 heterocycles. The lowest BCUT2D eigenvalue weighted by atomic mass is 10.0. The van der Waals surface area contributed by atoms with Gasteiger partial charge in [-0.1, -0.05) is 19.1 Å². The number of rotatable bonds is 12. The zero-order chi connectivity index (χ0) is 23.6. The number of benzene rings is 1. The van der Waals surface area contributed by atoms with Crippen LogP contribution in [0.4, 0.5) is 9.18 Å². The van der Waals surface area contributed by atoms with Crippen LogP contribution in [0.25, 0.3) is 0 Å². The van der Waals surface area contributed by atoms with Crippen LogP contribution in [0, 0.1) is 11.7 Å². The van der Waals surface area contributed by atoms with Crippen LogP contribution in [0.1, 0.15) is 58.9 Å². The Morgan fingerprint density at radius 2 is 1.90 bits per heavy atom. The fourth-order valence-corrected chi connectivity index (χ4v) is 2.76. The summed E-state index contributed by atoms with van der Waals surface area (Å²) >= 11 is 0. The lowest BCUT2D eigenvalue weighted by molar-refractivity contribution is -0.141. The first-order chi connectivity index (χ1) is 14.4. The quantitative estimate of drug-likeness (QED) is 0.457. The number of aliphatic carboxylic acids is 1. The molecule has 0 aliphatic carbocycles. The summed E-state index contributed by atoms with van der Waals surface area (Å²) in [7, 11) is 0. The van der Waals surface area contributed by atoms with Gasteiger partial charge in [-0.25, -0.2) is 9.18 Å². The summed E-state index contributed by atoms with van der Waals surface area (Å²) in [6.07, 6.45) is 0.899. The highest BCUT2D eigenvalue weighted by molar-refractivity contribution is 5.74. The van der Waals surface area contributed by atoms with E-state index in [2.05, 4.69) is 5.32 Å². The van der Waals surface area contributed by atoms with Crippen molar-refractivity contribution < 1.29 is 33.4 Å². The van der Waals surface area contributed by atoms with Gasteiger partial charge in [0, 0.05) is 6.42 Å². The zero-order valence-corrected chi connectivity index (χ0v) is 18.6. The van der Waals surface area contributed by atoms with Gasteiger partial charge in [-0.05, 0) is 58.1 Å². The summed E-state index contributed by atoms with van der Waals surface area (Å²) in [5.74, 6) is -2.42. The first-order valence-corrected chi connectivity index (χ1v) is 10.3. The number of nitrogens with two attached hydrogens (primary N) is 1. The maximum atomic E-state index is 14.8. The average Bonchev–Trinajstić information content (AvgIpc) is 2.64. The van der Waals surface area contributed by atoms with Crippen LogP contribution >= 0.6 is 0 Å². The molecule has 0 radical (unpaired) electrons. The molecule has 0 aliphatic heterocycles. The second-order valence-corrected chi connectivity index (χ2v) is 8.52. The lowest BCUT2D eigenvalue weighted by Crippen LogP contribution is -2.42. The van der Waals surface area contributed by atoms with E-state index in [4.69, 9.17) is 20.3 Å². The number of carbonyl (C=O) groups excluding carboxylic acids is 2. The Balaban J connectivity index is 2.74. The van der Waals surface area contributed by atoms with Crippen molar-refractivity contribution in [2.45, 2.75) is 71.4 Å². The topological polar surface area (TPSA) is 128 Å². The number of halogens is 1. The summed E-state index contributed by atoms with van der Waals surface area (Å²) in [4.78, 5) is 34.1. The monoisotopic (exact) mass is 440 g/mol. The first kappa shape index (κ1) is 26.2. The summed E-state index contributed by atoms with van der Waals surface area (Å²) in [5, 5.41) is 11.6. The molecule has 2 atom stereocenters. The normalized spacial score (nSPS) is 13.2. The van der Waals surface area contributed by atoms with Crippen molar-refractivity contribution in [2.75, 3.05) is 6.61 Å². The third-order valence-corrected chi connectivity index (χ3v) is 4.45. The number of carboxylic acids is 1. The average molecular weight is 441 g/mol. The number of nitrogens with one attached hydrogen (secondary N) is 1. The molecule has 1 aromatic rings. The van der Waals surface area contributed by atoms with E-state index in [1.807, 2.05) is 0 Å². The molecule has 2 amide bonds. The summed E-state index contributed by atoms with van der Waals surface area (Å²) in [6, 6.07) is 4.13. The number of carboxylic acid groups (broad SMARTS) is 1. The second-order valence-electron chi connectivity index (χ2n) is 8.52. The van der Waals surface area contributed by atoms with E-state index in [9.17, 15) is 18.8 Å². The Morgan fingerprint density at radius 1 is 1.23 bits per heavy atom. The van der Waals surface area contributed by atoms with Gasteiger partial charge in [0.05, 0.1) is 12.0 Å². The maximum absolute atomic E-state index is 14.8. The number of hydrogen-bond donors (Lipinski definition) is 3. The highest BCUT2D eigenvalue weighted by atomic mass is 19.1. The predicted molar refractivity (Wildman–Crippen MR) is 113 cm³/mol. The van der Waals surface area contributed by atoms with Crippen molar-refractivity contribution in [1.82, 2.24) is 5.32 Å². The number of aryl methyl sites for hydroxylation is 1. The third-order valence-electron chi connectivity index (χ3n) is 4.45. The number of primary amides is 1. The molecule has 1 aromatic carbocycles. The highest BCUT2D eigenvalue weighted by Gasteiger charge is 2.21. The van der Waals surface area contributed by atoms with Crippen molar-refractivity contribution in [3.63, 3.8) is 0 Å². The van der Waals surface area contributed by atoms with Gasteiger partial charge in [0.15, 0.2) is 11.6 Å². The minimum Gasteiger partial charge on any atom is -0.488 e. The summed E-state index contributed by atoms with van der Waals surface area (Å²) in [6.45, 7) is 6.70. The Kier molecular flexibility index (Phi) is 10.2. The summed E-state index contributed by atoms with van der Waals surface area (Å²) < 4.78 is 25.6.